The second-order valence-electron chi connectivity index (χ2n) is 7.34. The van der Waals surface area contributed by atoms with Gasteiger partial charge in [-0.05, 0) is 56.7 Å². The molecule has 1 aliphatic heterocycles. The number of nitrogens with one attached hydrogen (secondary N) is 2. The first-order valence-corrected chi connectivity index (χ1v) is 9.68. The fourth-order valence-corrected chi connectivity index (χ4v) is 3.61. The lowest BCUT2D eigenvalue weighted by atomic mass is 10.2. The van der Waals surface area contributed by atoms with Crippen LogP contribution in [-0.4, -0.2) is 42.1 Å². The molecule has 1 unspecified atom stereocenters. The molecular formula is C20H29N3O3. The fourth-order valence-electron chi connectivity index (χ4n) is 3.61. The molecule has 0 bridgehead atoms. The number of ether oxygens (including phenoxy) is 1. The van der Waals surface area contributed by atoms with Gasteiger partial charge in [-0.2, -0.15) is 0 Å². The van der Waals surface area contributed by atoms with E-state index in [0.29, 0.717) is 25.6 Å². The molecule has 0 radical (unpaired) electrons. The van der Waals surface area contributed by atoms with Crippen LogP contribution in [0, 0.1) is 0 Å². The number of nitrogens with zero attached hydrogens (tertiary/aromatic N) is 1. The Bertz CT molecular complexity index is 611. The smallest absolute Gasteiger partial charge is 0.315 e. The second kappa shape index (κ2) is 8.92. The Morgan fingerprint density at radius 1 is 1.23 bits per heavy atom. The minimum absolute atomic E-state index is 0.0702. The lowest BCUT2D eigenvalue weighted by molar-refractivity contribution is -0.127. The molecule has 1 aliphatic carbocycles. The molecule has 3 rings (SSSR count). The van der Waals surface area contributed by atoms with Crippen molar-refractivity contribution in [3.8, 4) is 5.75 Å². The van der Waals surface area contributed by atoms with E-state index < -0.39 is 0 Å². The molecule has 3 amide bonds. The molecule has 1 aromatic rings. The standard InChI is InChI=1S/C20H29N3O3/c1-15(14-23-12-4-7-19(23)24)22-20(25)21-13-16-8-10-18(11-9-16)26-17-5-2-3-6-17/h8-11,15,17H,2-7,12-14H2,1H3,(H2,21,22,25). The monoisotopic (exact) mass is 359 g/mol. The molecule has 142 valence electrons. The molecule has 1 saturated carbocycles. The van der Waals surface area contributed by atoms with Gasteiger partial charge in [0.05, 0.1) is 6.10 Å². The van der Waals surface area contributed by atoms with Gasteiger partial charge < -0.3 is 20.3 Å². The van der Waals surface area contributed by atoms with Crippen LogP contribution in [0.5, 0.6) is 5.75 Å². The van der Waals surface area contributed by atoms with Gasteiger partial charge in [0.15, 0.2) is 0 Å². The number of urea groups is 1. The number of hydrogen-bond acceptors (Lipinski definition) is 3. The van der Waals surface area contributed by atoms with Gasteiger partial charge in [-0.25, -0.2) is 4.79 Å². The fraction of sp³-hybridized carbons (Fsp3) is 0.600. The van der Waals surface area contributed by atoms with Crippen molar-refractivity contribution in [3.05, 3.63) is 29.8 Å². The Kier molecular flexibility index (Phi) is 6.36. The van der Waals surface area contributed by atoms with Crippen molar-refractivity contribution >= 4 is 11.9 Å². The first kappa shape index (κ1) is 18.5. The van der Waals surface area contributed by atoms with E-state index >= 15 is 0 Å². The van der Waals surface area contributed by atoms with Crippen molar-refractivity contribution in [1.29, 1.82) is 0 Å². The van der Waals surface area contributed by atoms with Gasteiger partial charge in [0.2, 0.25) is 5.91 Å². The molecule has 0 spiro atoms. The van der Waals surface area contributed by atoms with E-state index in [1.165, 1.54) is 12.8 Å². The zero-order valence-corrected chi connectivity index (χ0v) is 15.5. The summed E-state index contributed by atoms with van der Waals surface area (Å²) < 4.78 is 5.95. The maximum Gasteiger partial charge on any atom is 0.315 e. The summed E-state index contributed by atoms with van der Waals surface area (Å²) in [5, 5.41) is 5.75. The minimum atomic E-state index is -0.213. The van der Waals surface area contributed by atoms with Gasteiger partial charge in [-0.1, -0.05) is 12.1 Å². The van der Waals surface area contributed by atoms with E-state index in [2.05, 4.69) is 10.6 Å². The van der Waals surface area contributed by atoms with E-state index in [9.17, 15) is 9.59 Å². The summed E-state index contributed by atoms with van der Waals surface area (Å²) in [5.41, 5.74) is 1.03. The largest absolute Gasteiger partial charge is 0.490 e. The van der Waals surface area contributed by atoms with Gasteiger partial charge >= 0.3 is 6.03 Å². The van der Waals surface area contributed by atoms with Gasteiger partial charge in [0.1, 0.15) is 5.75 Å². The number of carbonyl (C=O) groups is 2. The maximum atomic E-state index is 12.0. The first-order valence-electron chi connectivity index (χ1n) is 9.68. The summed E-state index contributed by atoms with van der Waals surface area (Å²) in [6.45, 7) is 3.74. The third-order valence-electron chi connectivity index (χ3n) is 5.02. The van der Waals surface area contributed by atoms with Crippen LogP contribution in [0.4, 0.5) is 4.79 Å². The highest BCUT2D eigenvalue weighted by Crippen LogP contribution is 2.24. The Morgan fingerprint density at radius 3 is 2.62 bits per heavy atom. The summed E-state index contributed by atoms with van der Waals surface area (Å²) in [5.74, 6) is 1.08. The number of carbonyl (C=O) groups excluding carboxylic acids is 2. The molecule has 1 aromatic carbocycles. The number of benzene rings is 1. The predicted molar refractivity (Wildman–Crippen MR) is 100.0 cm³/mol. The summed E-state index contributed by atoms with van der Waals surface area (Å²) in [4.78, 5) is 25.5. The van der Waals surface area contributed by atoms with E-state index in [4.69, 9.17) is 4.74 Å². The van der Waals surface area contributed by atoms with Gasteiger partial charge in [-0.3, -0.25) is 4.79 Å². The van der Waals surface area contributed by atoms with Crippen LogP contribution in [-0.2, 0) is 11.3 Å². The van der Waals surface area contributed by atoms with E-state index in [1.54, 1.807) is 0 Å². The van der Waals surface area contributed by atoms with Crippen LogP contribution >= 0.6 is 0 Å². The molecule has 1 atom stereocenters. The number of rotatable bonds is 7. The predicted octanol–water partition coefficient (Wildman–Crippen LogP) is 2.82. The zero-order valence-electron chi connectivity index (χ0n) is 15.5. The van der Waals surface area contributed by atoms with Crippen LogP contribution in [0.2, 0.25) is 0 Å². The van der Waals surface area contributed by atoms with Crippen molar-refractivity contribution in [2.45, 2.75) is 64.1 Å². The average molecular weight is 359 g/mol. The summed E-state index contributed by atoms with van der Waals surface area (Å²) in [7, 11) is 0. The number of hydrogen-bond donors (Lipinski definition) is 2. The van der Waals surface area contributed by atoms with Crippen molar-refractivity contribution in [3.63, 3.8) is 0 Å². The van der Waals surface area contributed by atoms with Crippen LogP contribution in [0.3, 0.4) is 0 Å². The topological polar surface area (TPSA) is 70.7 Å². The molecule has 6 heteroatoms. The summed E-state index contributed by atoms with van der Waals surface area (Å²) >= 11 is 0. The van der Waals surface area contributed by atoms with E-state index in [-0.39, 0.29) is 18.0 Å². The number of amides is 3. The molecule has 26 heavy (non-hydrogen) atoms. The minimum Gasteiger partial charge on any atom is -0.490 e. The van der Waals surface area contributed by atoms with Crippen molar-refractivity contribution in [2.24, 2.45) is 0 Å². The van der Waals surface area contributed by atoms with Crippen LogP contribution in [0.25, 0.3) is 0 Å². The molecule has 1 heterocycles. The third kappa shape index (κ3) is 5.38. The molecule has 1 saturated heterocycles. The second-order valence-corrected chi connectivity index (χ2v) is 7.34. The number of likely N-dealkylation sites (tertiary alicyclic amines) is 1. The molecule has 2 fully saturated rings. The summed E-state index contributed by atoms with van der Waals surface area (Å²) in [6.07, 6.45) is 6.69. The highest BCUT2D eigenvalue weighted by Gasteiger charge is 2.22. The Hall–Kier alpha value is -2.24. The van der Waals surface area contributed by atoms with Crippen molar-refractivity contribution < 1.29 is 14.3 Å². The third-order valence-corrected chi connectivity index (χ3v) is 5.02. The molecule has 0 aromatic heterocycles. The Morgan fingerprint density at radius 2 is 1.96 bits per heavy atom. The van der Waals surface area contributed by atoms with Gasteiger partial charge in [-0.15, -0.1) is 0 Å². The highest BCUT2D eigenvalue weighted by molar-refractivity contribution is 5.78. The maximum absolute atomic E-state index is 12.0. The van der Waals surface area contributed by atoms with Gasteiger partial charge in [0, 0.05) is 32.1 Å². The Labute approximate surface area is 155 Å². The van der Waals surface area contributed by atoms with E-state index in [0.717, 1.165) is 37.1 Å². The molecule has 2 N–H and O–H groups in total. The Balaban J connectivity index is 1.37. The lowest BCUT2D eigenvalue weighted by Crippen LogP contribution is -2.46. The molecular weight excluding hydrogens is 330 g/mol. The van der Waals surface area contributed by atoms with Crippen LogP contribution in [0.1, 0.15) is 51.0 Å². The van der Waals surface area contributed by atoms with Gasteiger partial charge in [0.25, 0.3) is 0 Å². The normalized spacial score (nSPS) is 18.8. The SMILES string of the molecule is CC(CN1CCCC1=O)NC(=O)NCc1ccc(OC2CCCC2)cc1. The van der Waals surface area contributed by atoms with Crippen LogP contribution < -0.4 is 15.4 Å². The van der Waals surface area contributed by atoms with E-state index in [1.807, 2.05) is 36.1 Å². The highest BCUT2D eigenvalue weighted by atomic mass is 16.5. The molecule has 6 nitrogen and oxygen atoms in total. The molecule has 2 aliphatic rings. The average Bonchev–Trinajstić information content (AvgIpc) is 3.27. The van der Waals surface area contributed by atoms with Crippen molar-refractivity contribution in [1.82, 2.24) is 15.5 Å². The first-order chi connectivity index (χ1) is 12.6. The van der Waals surface area contributed by atoms with Crippen molar-refractivity contribution in [2.75, 3.05) is 13.1 Å². The zero-order chi connectivity index (χ0) is 18.4. The summed E-state index contributed by atoms with van der Waals surface area (Å²) in [6, 6.07) is 7.62. The quantitative estimate of drug-likeness (QED) is 0.786. The lowest BCUT2D eigenvalue weighted by Gasteiger charge is -2.21. The van der Waals surface area contributed by atoms with Crippen LogP contribution in [0.15, 0.2) is 24.3 Å².